The Morgan fingerprint density at radius 1 is 1.36 bits per heavy atom. The third-order valence-corrected chi connectivity index (χ3v) is 2.18. The molecule has 14 heavy (non-hydrogen) atoms. The molecule has 0 atom stereocenters. The Hall–Kier alpha value is -1.84. The third-order valence-electron chi connectivity index (χ3n) is 2.18. The zero-order valence-electron chi connectivity index (χ0n) is 7.87. The van der Waals surface area contributed by atoms with Crippen molar-refractivity contribution in [2.45, 2.75) is 6.92 Å². The van der Waals surface area contributed by atoms with Gasteiger partial charge in [0.1, 0.15) is 6.54 Å². The van der Waals surface area contributed by atoms with Crippen molar-refractivity contribution >= 4 is 17.6 Å². The summed E-state index contributed by atoms with van der Waals surface area (Å²) < 4.78 is 0. The fourth-order valence-electron chi connectivity index (χ4n) is 1.41. The normalized spacial score (nSPS) is 15.9. The SMILES string of the molecule is Cc1ccc(N2CC(=O)NC2=N)cc1. The van der Waals surface area contributed by atoms with E-state index in [4.69, 9.17) is 5.41 Å². The highest BCUT2D eigenvalue weighted by molar-refractivity contribution is 6.13. The molecule has 0 aliphatic carbocycles. The van der Waals surface area contributed by atoms with E-state index < -0.39 is 0 Å². The Morgan fingerprint density at radius 3 is 2.50 bits per heavy atom. The van der Waals surface area contributed by atoms with Gasteiger partial charge in [-0.15, -0.1) is 0 Å². The van der Waals surface area contributed by atoms with Gasteiger partial charge in [0.05, 0.1) is 0 Å². The van der Waals surface area contributed by atoms with Crippen LogP contribution in [0.1, 0.15) is 5.56 Å². The van der Waals surface area contributed by atoms with Gasteiger partial charge in [0.2, 0.25) is 11.9 Å². The van der Waals surface area contributed by atoms with Gasteiger partial charge in [-0.3, -0.25) is 15.5 Å². The van der Waals surface area contributed by atoms with E-state index in [2.05, 4.69) is 5.32 Å². The van der Waals surface area contributed by atoms with Crippen LogP contribution < -0.4 is 10.2 Å². The molecule has 0 spiro atoms. The number of guanidine groups is 1. The first-order valence-corrected chi connectivity index (χ1v) is 4.39. The summed E-state index contributed by atoms with van der Waals surface area (Å²) in [5.74, 6) is 0.0226. The largest absolute Gasteiger partial charge is 0.303 e. The molecule has 1 amide bonds. The Morgan fingerprint density at radius 2 is 2.00 bits per heavy atom. The highest BCUT2D eigenvalue weighted by Gasteiger charge is 2.24. The second kappa shape index (κ2) is 3.14. The van der Waals surface area contributed by atoms with Crippen LogP contribution in [0.5, 0.6) is 0 Å². The van der Waals surface area contributed by atoms with Crippen molar-refractivity contribution in [3.05, 3.63) is 29.8 Å². The van der Waals surface area contributed by atoms with E-state index in [1.807, 2.05) is 31.2 Å². The Bertz CT molecular complexity index is 383. The van der Waals surface area contributed by atoms with Crippen LogP contribution in [0.4, 0.5) is 5.69 Å². The molecule has 1 saturated heterocycles. The number of carbonyl (C=O) groups excluding carboxylic acids is 1. The molecular formula is C10H11N3O. The second-order valence-corrected chi connectivity index (χ2v) is 3.32. The molecule has 1 aliphatic rings. The number of carbonyl (C=O) groups is 1. The average molecular weight is 189 g/mol. The Balaban J connectivity index is 2.27. The first kappa shape index (κ1) is 8.74. The number of aryl methyl sites for hydroxylation is 1. The maximum atomic E-state index is 11.0. The quantitative estimate of drug-likeness (QED) is 0.688. The summed E-state index contributed by atoms with van der Waals surface area (Å²) in [5, 5.41) is 9.97. The molecule has 0 aromatic heterocycles. The topological polar surface area (TPSA) is 56.2 Å². The number of hydrogen-bond donors (Lipinski definition) is 2. The van der Waals surface area contributed by atoms with Crippen LogP contribution in [-0.4, -0.2) is 18.4 Å². The lowest BCUT2D eigenvalue weighted by molar-refractivity contribution is -0.117. The van der Waals surface area contributed by atoms with Gasteiger partial charge >= 0.3 is 0 Å². The predicted molar refractivity (Wildman–Crippen MR) is 54.4 cm³/mol. The van der Waals surface area contributed by atoms with Crippen LogP contribution in [0, 0.1) is 12.3 Å². The van der Waals surface area contributed by atoms with Gasteiger partial charge in [0.15, 0.2) is 0 Å². The van der Waals surface area contributed by atoms with Gasteiger partial charge in [-0.05, 0) is 19.1 Å². The molecule has 0 saturated carbocycles. The summed E-state index contributed by atoms with van der Waals surface area (Å²) in [6.45, 7) is 2.24. The number of benzene rings is 1. The summed E-state index contributed by atoms with van der Waals surface area (Å²) in [4.78, 5) is 12.7. The van der Waals surface area contributed by atoms with Crippen LogP contribution in [0.2, 0.25) is 0 Å². The van der Waals surface area contributed by atoms with Crippen LogP contribution in [0.25, 0.3) is 0 Å². The summed E-state index contributed by atoms with van der Waals surface area (Å²) in [6.07, 6.45) is 0. The zero-order chi connectivity index (χ0) is 10.1. The number of rotatable bonds is 1. The fraction of sp³-hybridized carbons (Fsp3) is 0.200. The van der Waals surface area contributed by atoms with Gasteiger partial charge in [-0.25, -0.2) is 0 Å². The van der Waals surface area contributed by atoms with Gasteiger partial charge < -0.3 is 4.90 Å². The second-order valence-electron chi connectivity index (χ2n) is 3.32. The number of nitrogens with one attached hydrogen (secondary N) is 2. The Kier molecular flexibility index (Phi) is 1.96. The van der Waals surface area contributed by atoms with Gasteiger partial charge in [0, 0.05) is 5.69 Å². The smallest absolute Gasteiger partial charge is 0.246 e. The molecule has 1 aromatic rings. The lowest BCUT2D eigenvalue weighted by atomic mass is 10.2. The lowest BCUT2D eigenvalue weighted by Crippen LogP contribution is -2.28. The van der Waals surface area contributed by atoms with Gasteiger partial charge in [-0.2, -0.15) is 0 Å². The van der Waals surface area contributed by atoms with Crippen LogP contribution >= 0.6 is 0 Å². The molecular weight excluding hydrogens is 178 g/mol. The van der Waals surface area contributed by atoms with Crippen LogP contribution in [0.3, 0.4) is 0 Å². The molecule has 2 rings (SSSR count). The van der Waals surface area contributed by atoms with Crippen molar-refractivity contribution in [3.8, 4) is 0 Å². The molecule has 0 unspecified atom stereocenters. The number of hydrogen-bond acceptors (Lipinski definition) is 2. The zero-order valence-corrected chi connectivity index (χ0v) is 7.87. The highest BCUT2D eigenvalue weighted by atomic mass is 16.2. The summed E-state index contributed by atoms with van der Waals surface area (Å²) in [7, 11) is 0. The van der Waals surface area contributed by atoms with Gasteiger partial charge in [-0.1, -0.05) is 17.7 Å². The maximum absolute atomic E-state index is 11.0. The van der Waals surface area contributed by atoms with Crippen LogP contribution in [-0.2, 0) is 4.79 Å². The Labute approximate surface area is 82.0 Å². The minimum Gasteiger partial charge on any atom is -0.303 e. The number of nitrogens with zero attached hydrogens (tertiary/aromatic N) is 1. The molecule has 1 aromatic carbocycles. The van der Waals surface area contributed by atoms with Crippen molar-refractivity contribution in [2.24, 2.45) is 0 Å². The van der Waals surface area contributed by atoms with E-state index in [9.17, 15) is 4.79 Å². The molecule has 0 bridgehead atoms. The number of anilines is 1. The highest BCUT2D eigenvalue weighted by Crippen LogP contribution is 2.16. The van der Waals surface area contributed by atoms with E-state index in [0.717, 1.165) is 5.69 Å². The summed E-state index contributed by atoms with van der Waals surface area (Å²) in [5.41, 5.74) is 2.04. The fourth-order valence-corrected chi connectivity index (χ4v) is 1.41. The molecule has 1 heterocycles. The first-order valence-electron chi connectivity index (χ1n) is 4.39. The predicted octanol–water partition coefficient (Wildman–Crippen LogP) is 0.866. The van der Waals surface area contributed by atoms with Crippen molar-refractivity contribution in [1.29, 1.82) is 5.41 Å². The lowest BCUT2D eigenvalue weighted by Gasteiger charge is -2.15. The first-order chi connectivity index (χ1) is 6.66. The third kappa shape index (κ3) is 1.46. The van der Waals surface area contributed by atoms with E-state index in [1.165, 1.54) is 5.56 Å². The monoisotopic (exact) mass is 189 g/mol. The maximum Gasteiger partial charge on any atom is 0.246 e. The standard InChI is InChI=1S/C10H11N3O/c1-7-2-4-8(5-3-7)13-6-9(14)12-10(13)11/h2-5H,6H2,1H3,(H2,11,12,14). The van der Waals surface area contributed by atoms with Gasteiger partial charge in [0.25, 0.3) is 0 Å². The average Bonchev–Trinajstić information content (AvgIpc) is 2.47. The molecule has 4 heteroatoms. The molecule has 2 N–H and O–H groups in total. The van der Waals surface area contributed by atoms with Crippen molar-refractivity contribution < 1.29 is 4.79 Å². The van der Waals surface area contributed by atoms with E-state index >= 15 is 0 Å². The minimum absolute atomic E-state index is 0.129. The number of amides is 1. The molecule has 1 fully saturated rings. The minimum atomic E-state index is -0.129. The van der Waals surface area contributed by atoms with Crippen molar-refractivity contribution in [2.75, 3.05) is 11.4 Å². The van der Waals surface area contributed by atoms with E-state index in [1.54, 1.807) is 4.90 Å². The van der Waals surface area contributed by atoms with Crippen LogP contribution in [0.15, 0.2) is 24.3 Å². The summed E-state index contributed by atoms with van der Waals surface area (Å²) in [6, 6.07) is 7.74. The molecule has 72 valence electrons. The van der Waals surface area contributed by atoms with E-state index in [0.29, 0.717) is 0 Å². The molecule has 0 radical (unpaired) electrons. The van der Waals surface area contributed by atoms with Crippen molar-refractivity contribution in [1.82, 2.24) is 5.32 Å². The molecule has 4 nitrogen and oxygen atoms in total. The summed E-state index contributed by atoms with van der Waals surface area (Å²) >= 11 is 0. The van der Waals surface area contributed by atoms with Crippen molar-refractivity contribution in [3.63, 3.8) is 0 Å². The van der Waals surface area contributed by atoms with E-state index in [-0.39, 0.29) is 18.4 Å². The molecule has 1 aliphatic heterocycles.